The molecule has 0 saturated carbocycles. The summed E-state index contributed by atoms with van der Waals surface area (Å²) in [6.07, 6.45) is 1.73. The maximum absolute atomic E-state index is 5.45. The molecule has 3 heteroatoms. The topological polar surface area (TPSA) is 30.5 Å². The third-order valence-electron chi connectivity index (χ3n) is 2.86. The van der Waals surface area contributed by atoms with Crippen LogP contribution in [0.2, 0.25) is 0 Å². The van der Waals surface area contributed by atoms with Crippen molar-refractivity contribution >= 4 is 5.69 Å². The highest BCUT2D eigenvalue weighted by molar-refractivity contribution is 5.48. The van der Waals surface area contributed by atoms with E-state index in [0.717, 1.165) is 23.7 Å². The van der Waals surface area contributed by atoms with Crippen LogP contribution in [0.1, 0.15) is 5.56 Å². The summed E-state index contributed by atoms with van der Waals surface area (Å²) in [5.41, 5.74) is 2.23. The van der Waals surface area contributed by atoms with Crippen molar-refractivity contribution in [2.24, 2.45) is 0 Å². The smallest absolute Gasteiger partial charge is 0.120 e. The summed E-state index contributed by atoms with van der Waals surface area (Å²) in [5.74, 6) is 1.71. The predicted octanol–water partition coefficient (Wildman–Crippen LogP) is 3.87. The summed E-state index contributed by atoms with van der Waals surface area (Å²) < 4.78 is 10.6. The lowest BCUT2D eigenvalue weighted by atomic mass is 10.2. The van der Waals surface area contributed by atoms with Crippen LogP contribution in [-0.2, 0) is 6.54 Å². The molecule has 1 N–H and O–H groups in total. The van der Waals surface area contributed by atoms with E-state index >= 15 is 0 Å². The Morgan fingerprint density at radius 3 is 2.60 bits per heavy atom. The van der Waals surface area contributed by atoms with E-state index in [-0.39, 0.29) is 0 Å². The molecule has 0 aliphatic rings. The highest BCUT2D eigenvalue weighted by atomic mass is 16.5. The monoisotopic (exact) mass is 269 g/mol. The molecule has 0 unspecified atom stereocenters. The number of benzene rings is 2. The number of hydrogen-bond donors (Lipinski definition) is 1. The lowest BCUT2D eigenvalue weighted by Gasteiger charge is -2.09. The third-order valence-corrected chi connectivity index (χ3v) is 2.86. The molecule has 0 fully saturated rings. The Kier molecular flexibility index (Phi) is 5.07. The number of rotatable bonds is 7. The van der Waals surface area contributed by atoms with Gasteiger partial charge in [0.25, 0.3) is 0 Å². The molecule has 0 saturated heterocycles. The van der Waals surface area contributed by atoms with Crippen molar-refractivity contribution < 1.29 is 9.47 Å². The van der Waals surface area contributed by atoms with E-state index in [0.29, 0.717) is 6.61 Å². The minimum Gasteiger partial charge on any atom is -0.497 e. The van der Waals surface area contributed by atoms with E-state index in [9.17, 15) is 0 Å². The van der Waals surface area contributed by atoms with Crippen LogP contribution in [0.3, 0.4) is 0 Å². The Bertz CT molecular complexity index is 549. The van der Waals surface area contributed by atoms with E-state index in [4.69, 9.17) is 9.47 Å². The van der Waals surface area contributed by atoms with Crippen LogP contribution >= 0.6 is 0 Å². The van der Waals surface area contributed by atoms with Crippen LogP contribution in [0.15, 0.2) is 61.2 Å². The van der Waals surface area contributed by atoms with Crippen LogP contribution < -0.4 is 14.8 Å². The molecule has 0 aromatic heterocycles. The molecule has 2 aromatic carbocycles. The Morgan fingerprint density at radius 2 is 1.90 bits per heavy atom. The molecule has 20 heavy (non-hydrogen) atoms. The number of nitrogens with one attached hydrogen (secondary N) is 1. The first-order chi connectivity index (χ1) is 9.81. The molecule has 2 aromatic rings. The standard InChI is InChI=1S/C17H19NO2/c1-3-11-20-16-9-7-14(8-10-16)13-18-15-5-4-6-17(12-15)19-2/h3-10,12,18H,1,11,13H2,2H3. The summed E-state index contributed by atoms with van der Waals surface area (Å²) in [5, 5.41) is 3.36. The second kappa shape index (κ2) is 7.24. The van der Waals surface area contributed by atoms with Crippen molar-refractivity contribution in [3.05, 3.63) is 66.7 Å². The van der Waals surface area contributed by atoms with Gasteiger partial charge >= 0.3 is 0 Å². The fraction of sp³-hybridized carbons (Fsp3) is 0.176. The molecule has 104 valence electrons. The van der Waals surface area contributed by atoms with Crippen LogP contribution in [0, 0.1) is 0 Å². The molecule has 3 nitrogen and oxygen atoms in total. The van der Waals surface area contributed by atoms with Crippen LogP contribution in [0.5, 0.6) is 11.5 Å². The zero-order valence-electron chi connectivity index (χ0n) is 11.6. The van der Waals surface area contributed by atoms with E-state index in [2.05, 4.69) is 11.9 Å². The molecular weight excluding hydrogens is 250 g/mol. The number of methoxy groups -OCH3 is 1. The number of anilines is 1. The quantitative estimate of drug-likeness (QED) is 0.774. The zero-order valence-corrected chi connectivity index (χ0v) is 11.6. The van der Waals surface area contributed by atoms with Gasteiger partial charge in [0.2, 0.25) is 0 Å². The molecule has 0 spiro atoms. The summed E-state index contributed by atoms with van der Waals surface area (Å²) >= 11 is 0. The van der Waals surface area contributed by atoms with Crippen molar-refractivity contribution in [2.75, 3.05) is 19.0 Å². The summed E-state index contributed by atoms with van der Waals surface area (Å²) in [7, 11) is 1.67. The average Bonchev–Trinajstić information content (AvgIpc) is 2.52. The molecule has 0 bridgehead atoms. The van der Waals surface area contributed by atoms with Crippen molar-refractivity contribution in [2.45, 2.75) is 6.54 Å². The third kappa shape index (κ3) is 4.05. The van der Waals surface area contributed by atoms with Gasteiger partial charge in [0.1, 0.15) is 18.1 Å². The second-order valence-corrected chi connectivity index (χ2v) is 4.33. The van der Waals surface area contributed by atoms with Gasteiger partial charge in [-0.05, 0) is 29.8 Å². The van der Waals surface area contributed by atoms with Gasteiger partial charge in [-0.3, -0.25) is 0 Å². The minimum absolute atomic E-state index is 0.529. The van der Waals surface area contributed by atoms with Gasteiger partial charge in [-0.25, -0.2) is 0 Å². The molecule has 0 aliphatic heterocycles. The zero-order chi connectivity index (χ0) is 14.2. The van der Waals surface area contributed by atoms with Crippen LogP contribution in [-0.4, -0.2) is 13.7 Å². The Hall–Kier alpha value is -2.42. The molecule has 2 rings (SSSR count). The van der Waals surface area contributed by atoms with E-state index < -0.39 is 0 Å². The first-order valence-corrected chi connectivity index (χ1v) is 6.52. The van der Waals surface area contributed by atoms with E-state index in [1.165, 1.54) is 5.56 Å². The maximum Gasteiger partial charge on any atom is 0.120 e. The van der Waals surface area contributed by atoms with E-state index in [1.807, 2.05) is 48.5 Å². The van der Waals surface area contributed by atoms with Crippen molar-refractivity contribution in [1.82, 2.24) is 0 Å². The van der Waals surface area contributed by atoms with Gasteiger partial charge in [0.05, 0.1) is 7.11 Å². The SMILES string of the molecule is C=CCOc1ccc(CNc2cccc(OC)c2)cc1. The van der Waals surface area contributed by atoms with Gasteiger partial charge < -0.3 is 14.8 Å². The van der Waals surface area contributed by atoms with Crippen molar-refractivity contribution in [3.8, 4) is 11.5 Å². The molecule has 0 amide bonds. The summed E-state index contributed by atoms with van der Waals surface area (Å²) in [6, 6.07) is 15.9. The Balaban J connectivity index is 1.91. The second-order valence-electron chi connectivity index (χ2n) is 4.33. The van der Waals surface area contributed by atoms with Crippen molar-refractivity contribution in [1.29, 1.82) is 0 Å². The van der Waals surface area contributed by atoms with Gasteiger partial charge in [-0.2, -0.15) is 0 Å². The predicted molar refractivity (Wildman–Crippen MR) is 82.5 cm³/mol. The summed E-state index contributed by atoms with van der Waals surface area (Å²) in [6.45, 7) is 4.91. The highest BCUT2D eigenvalue weighted by Crippen LogP contribution is 2.18. The molecule has 0 heterocycles. The van der Waals surface area contributed by atoms with Gasteiger partial charge in [-0.15, -0.1) is 0 Å². The normalized spacial score (nSPS) is 9.85. The van der Waals surface area contributed by atoms with Crippen LogP contribution in [0.4, 0.5) is 5.69 Å². The van der Waals surface area contributed by atoms with E-state index in [1.54, 1.807) is 13.2 Å². The molecule has 0 atom stereocenters. The van der Waals surface area contributed by atoms with Crippen molar-refractivity contribution in [3.63, 3.8) is 0 Å². The minimum atomic E-state index is 0.529. The Labute approximate surface area is 119 Å². The summed E-state index contributed by atoms with van der Waals surface area (Å²) in [4.78, 5) is 0. The van der Waals surface area contributed by atoms with Crippen LogP contribution in [0.25, 0.3) is 0 Å². The average molecular weight is 269 g/mol. The molecular formula is C17H19NO2. The molecule has 0 radical (unpaired) electrons. The Morgan fingerprint density at radius 1 is 1.10 bits per heavy atom. The lowest BCUT2D eigenvalue weighted by molar-refractivity contribution is 0.363. The first kappa shape index (κ1) is 14.0. The molecule has 0 aliphatic carbocycles. The number of ether oxygens (including phenoxy) is 2. The lowest BCUT2D eigenvalue weighted by Crippen LogP contribution is -2.00. The first-order valence-electron chi connectivity index (χ1n) is 6.52. The fourth-order valence-electron chi connectivity index (χ4n) is 1.80. The van der Waals surface area contributed by atoms with Gasteiger partial charge in [-0.1, -0.05) is 30.9 Å². The number of hydrogen-bond acceptors (Lipinski definition) is 3. The fourth-order valence-corrected chi connectivity index (χ4v) is 1.80. The largest absolute Gasteiger partial charge is 0.497 e. The van der Waals surface area contributed by atoms with Gasteiger partial charge in [0, 0.05) is 18.3 Å². The maximum atomic E-state index is 5.45. The highest BCUT2D eigenvalue weighted by Gasteiger charge is 1.97. The van der Waals surface area contributed by atoms with Gasteiger partial charge in [0.15, 0.2) is 0 Å².